The maximum Gasteiger partial charge on any atom is 0.255 e. The van der Waals surface area contributed by atoms with Crippen LogP contribution < -0.4 is 10.2 Å². The van der Waals surface area contributed by atoms with Crippen molar-refractivity contribution in [2.75, 3.05) is 16.8 Å². The fourth-order valence-corrected chi connectivity index (χ4v) is 2.68. The molecular weight excluding hydrogens is 295 g/mol. The number of anilines is 2. The van der Waals surface area contributed by atoms with Crippen LogP contribution in [0.15, 0.2) is 42.5 Å². The van der Waals surface area contributed by atoms with Crippen molar-refractivity contribution in [1.29, 1.82) is 0 Å². The lowest BCUT2D eigenvalue weighted by molar-refractivity contribution is -0.117. The second-order valence-corrected chi connectivity index (χ2v) is 5.61. The van der Waals surface area contributed by atoms with Crippen LogP contribution in [0.5, 0.6) is 0 Å². The van der Waals surface area contributed by atoms with Gasteiger partial charge in [0, 0.05) is 29.9 Å². The summed E-state index contributed by atoms with van der Waals surface area (Å²) in [6.45, 7) is 2.46. The Morgan fingerprint density at radius 1 is 1.17 bits per heavy atom. The van der Waals surface area contributed by atoms with Crippen molar-refractivity contribution in [2.24, 2.45) is 0 Å². The van der Waals surface area contributed by atoms with Gasteiger partial charge in [-0.15, -0.1) is 0 Å². The number of aryl methyl sites for hydroxylation is 1. The SMILES string of the molecule is Cc1cc(F)ccc1NC(=O)c1ccc(N2CCCC2=O)cc1. The molecule has 1 aliphatic rings. The van der Waals surface area contributed by atoms with Gasteiger partial charge in [0.2, 0.25) is 5.91 Å². The zero-order valence-corrected chi connectivity index (χ0v) is 12.8. The molecule has 5 heteroatoms. The molecule has 1 saturated heterocycles. The van der Waals surface area contributed by atoms with Crippen molar-refractivity contribution in [1.82, 2.24) is 0 Å². The summed E-state index contributed by atoms with van der Waals surface area (Å²) in [5, 5.41) is 2.77. The molecule has 0 saturated carbocycles. The van der Waals surface area contributed by atoms with Crippen LogP contribution in [0.25, 0.3) is 0 Å². The summed E-state index contributed by atoms with van der Waals surface area (Å²) in [6, 6.07) is 11.2. The molecule has 0 spiro atoms. The lowest BCUT2D eigenvalue weighted by atomic mass is 10.1. The molecule has 0 unspecified atom stereocenters. The summed E-state index contributed by atoms with van der Waals surface area (Å²) in [5.74, 6) is -0.483. The molecule has 0 atom stereocenters. The maximum absolute atomic E-state index is 13.1. The molecule has 0 bridgehead atoms. The molecular formula is C18H17FN2O2. The van der Waals surface area contributed by atoms with E-state index < -0.39 is 0 Å². The van der Waals surface area contributed by atoms with Crippen LogP contribution in [0.4, 0.5) is 15.8 Å². The van der Waals surface area contributed by atoms with E-state index in [4.69, 9.17) is 0 Å². The first-order valence-electron chi connectivity index (χ1n) is 7.52. The summed E-state index contributed by atoms with van der Waals surface area (Å²) < 4.78 is 13.1. The van der Waals surface area contributed by atoms with E-state index in [2.05, 4.69) is 5.32 Å². The van der Waals surface area contributed by atoms with Gasteiger partial charge >= 0.3 is 0 Å². The Morgan fingerprint density at radius 3 is 2.52 bits per heavy atom. The fourth-order valence-electron chi connectivity index (χ4n) is 2.68. The van der Waals surface area contributed by atoms with E-state index >= 15 is 0 Å². The third-order valence-corrected chi connectivity index (χ3v) is 3.95. The summed E-state index contributed by atoms with van der Waals surface area (Å²) in [5.41, 5.74) is 2.54. The van der Waals surface area contributed by atoms with Gasteiger partial charge in [0.25, 0.3) is 5.91 Å². The predicted octanol–water partition coefficient (Wildman–Crippen LogP) is 3.51. The minimum atomic E-state index is -0.333. The van der Waals surface area contributed by atoms with Crippen molar-refractivity contribution in [3.05, 3.63) is 59.4 Å². The molecule has 1 fully saturated rings. The van der Waals surface area contributed by atoms with Gasteiger partial charge in [-0.05, 0) is 61.4 Å². The first-order chi connectivity index (χ1) is 11.0. The highest BCUT2D eigenvalue weighted by Gasteiger charge is 2.21. The topological polar surface area (TPSA) is 49.4 Å². The average Bonchev–Trinajstić information content (AvgIpc) is 2.96. The van der Waals surface area contributed by atoms with Gasteiger partial charge in [0.1, 0.15) is 5.82 Å². The maximum atomic E-state index is 13.1. The molecule has 2 aromatic rings. The molecule has 23 heavy (non-hydrogen) atoms. The van der Waals surface area contributed by atoms with Gasteiger partial charge in [0.05, 0.1) is 0 Å². The monoisotopic (exact) mass is 312 g/mol. The van der Waals surface area contributed by atoms with Crippen LogP contribution in [-0.4, -0.2) is 18.4 Å². The number of nitrogens with one attached hydrogen (secondary N) is 1. The number of carbonyl (C=O) groups excluding carboxylic acids is 2. The zero-order chi connectivity index (χ0) is 16.4. The first-order valence-corrected chi connectivity index (χ1v) is 7.52. The van der Waals surface area contributed by atoms with Gasteiger partial charge in [-0.2, -0.15) is 0 Å². The van der Waals surface area contributed by atoms with Crippen LogP contribution in [-0.2, 0) is 4.79 Å². The number of hydrogen-bond acceptors (Lipinski definition) is 2. The minimum Gasteiger partial charge on any atom is -0.322 e. The van der Waals surface area contributed by atoms with Gasteiger partial charge < -0.3 is 10.2 Å². The number of rotatable bonds is 3. The second-order valence-electron chi connectivity index (χ2n) is 5.61. The number of carbonyl (C=O) groups is 2. The minimum absolute atomic E-state index is 0.115. The summed E-state index contributed by atoms with van der Waals surface area (Å²) in [6.07, 6.45) is 1.44. The van der Waals surface area contributed by atoms with Crippen LogP contribution in [0.2, 0.25) is 0 Å². The van der Waals surface area contributed by atoms with Crippen LogP contribution in [0.1, 0.15) is 28.8 Å². The molecule has 2 amide bonds. The Bertz CT molecular complexity index is 756. The highest BCUT2D eigenvalue weighted by atomic mass is 19.1. The summed E-state index contributed by atoms with van der Waals surface area (Å²) in [7, 11) is 0. The van der Waals surface area contributed by atoms with E-state index in [-0.39, 0.29) is 17.6 Å². The second kappa shape index (κ2) is 6.20. The first kappa shape index (κ1) is 15.2. The number of halogens is 1. The Hall–Kier alpha value is -2.69. The molecule has 2 aromatic carbocycles. The lowest BCUT2D eigenvalue weighted by Crippen LogP contribution is -2.23. The number of amides is 2. The Morgan fingerprint density at radius 2 is 1.91 bits per heavy atom. The molecule has 0 aliphatic carbocycles. The van der Waals surface area contributed by atoms with Crippen LogP contribution in [0.3, 0.4) is 0 Å². The van der Waals surface area contributed by atoms with Crippen molar-refractivity contribution in [3.63, 3.8) is 0 Å². The normalized spacial score (nSPS) is 14.2. The van der Waals surface area contributed by atoms with Crippen molar-refractivity contribution < 1.29 is 14.0 Å². The summed E-state index contributed by atoms with van der Waals surface area (Å²) >= 11 is 0. The smallest absolute Gasteiger partial charge is 0.255 e. The highest BCUT2D eigenvalue weighted by molar-refractivity contribution is 6.05. The number of nitrogens with zero attached hydrogens (tertiary/aromatic N) is 1. The molecule has 0 radical (unpaired) electrons. The molecule has 3 rings (SSSR count). The van der Waals surface area contributed by atoms with E-state index in [9.17, 15) is 14.0 Å². The van der Waals surface area contributed by atoms with Crippen molar-refractivity contribution >= 4 is 23.2 Å². The highest BCUT2D eigenvalue weighted by Crippen LogP contribution is 2.22. The average molecular weight is 312 g/mol. The largest absolute Gasteiger partial charge is 0.322 e. The van der Waals surface area contributed by atoms with E-state index in [1.54, 1.807) is 42.2 Å². The number of hydrogen-bond donors (Lipinski definition) is 1. The quantitative estimate of drug-likeness (QED) is 0.943. The molecule has 0 aromatic heterocycles. The molecule has 4 nitrogen and oxygen atoms in total. The third-order valence-electron chi connectivity index (χ3n) is 3.95. The Balaban J connectivity index is 1.74. The van der Waals surface area contributed by atoms with Crippen LogP contribution >= 0.6 is 0 Å². The van der Waals surface area contributed by atoms with Crippen molar-refractivity contribution in [3.8, 4) is 0 Å². The van der Waals surface area contributed by atoms with Gasteiger partial charge in [0.15, 0.2) is 0 Å². The van der Waals surface area contributed by atoms with E-state index in [0.29, 0.717) is 23.2 Å². The van der Waals surface area contributed by atoms with E-state index in [1.165, 1.54) is 12.1 Å². The molecule has 118 valence electrons. The van der Waals surface area contributed by atoms with Crippen molar-refractivity contribution in [2.45, 2.75) is 19.8 Å². The zero-order valence-electron chi connectivity index (χ0n) is 12.8. The summed E-state index contributed by atoms with van der Waals surface area (Å²) in [4.78, 5) is 25.7. The Kier molecular flexibility index (Phi) is 4.10. The fraction of sp³-hybridized carbons (Fsp3) is 0.222. The number of benzene rings is 2. The molecule has 1 heterocycles. The lowest BCUT2D eigenvalue weighted by Gasteiger charge is -2.16. The van der Waals surface area contributed by atoms with Gasteiger partial charge in [-0.1, -0.05) is 0 Å². The predicted molar refractivity (Wildman–Crippen MR) is 87.1 cm³/mol. The Labute approximate surface area is 133 Å². The molecule has 1 N–H and O–H groups in total. The van der Waals surface area contributed by atoms with Crippen LogP contribution in [0, 0.1) is 12.7 Å². The van der Waals surface area contributed by atoms with Gasteiger partial charge in [-0.25, -0.2) is 4.39 Å². The van der Waals surface area contributed by atoms with E-state index in [0.717, 1.165) is 18.7 Å². The standard InChI is InChI=1S/C18H17FN2O2/c1-12-11-14(19)6-9-16(12)20-18(23)13-4-7-15(8-5-13)21-10-2-3-17(21)22/h4-9,11H,2-3,10H2,1H3,(H,20,23). The van der Waals surface area contributed by atoms with E-state index in [1.807, 2.05) is 0 Å². The van der Waals surface area contributed by atoms with Gasteiger partial charge in [-0.3, -0.25) is 9.59 Å². The molecule has 1 aliphatic heterocycles. The third kappa shape index (κ3) is 3.23.